The number of aromatic nitrogens is 2. The van der Waals surface area contributed by atoms with Crippen LogP contribution in [0, 0.1) is 0 Å². The molecule has 1 N–H and O–H groups in total. The van der Waals surface area contributed by atoms with Gasteiger partial charge in [-0.1, -0.05) is 0 Å². The van der Waals surface area contributed by atoms with E-state index in [4.69, 9.17) is 4.74 Å². The van der Waals surface area contributed by atoms with Gasteiger partial charge in [-0.25, -0.2) is 9.78 Å². The van der Waals surface area contributed by atoms with Crippen LogP contribution in [-0.4, -0.2) is 40.7 Å². The van der Waals surface area contributed by atoms with E-state index in [1.165, 1.54) is 16.2 Å². The van der Waals surface area contributed by atoms with Crippen LogP contribution in [0.5, 0.6) is 0 Å². The summed E-state index contributed by atoms with van der Waals surface area (Å²) in [5.74, 6) is 0.0338. The molecule has 0 aliphatic carbocycles. The van der Waals surface area contributed by atoms with Crippen LogP contribution in [0.4, 0.5) is 5.82 Å². The Morgan fingerprint density at radius 2 is 2.17 bits per heavy atom. The van der Waals surface area contributed by atoms with Crippen molar-refractivity contribution in [3.63, 3.8) is 0 Å². The molecule has 0 saturated carbocycles. The van der Waals surface area contributed by atoms with Crippen molar-refractivity contribution < 1.29 is 14.6 Å². The van der Waals surface area contributed by atoms with Crippen LogP contribution in [0.25, 0.3) is 0 Å². The molecular weight excluding hydrogens is 314 g/mol. The van der Waals surface area contributed by atoms with E-state index in [0.717, 1.165) is 43.7 Å². The molecule has 0 radical (unpaired) electrons. The summed E-state index contributed by atoms with van der Waals surface area (Å²) < 4.78 is 6.16. The van der Waals surface area contributed by atoms with Crippen molar-refractivity contribution in [2.45, 2.75) is 24.9 Å². The van der Waals surface area contributed by atoms with Gasteiger partial charge in [-0.3, -0.25) is 4.98 Å². The largest absolute Gasteiger partial charge is 0.477 e. The Kier molecular flexibility index (Phi) is 3.54. The van der Waals surface area contributed by atoms with E-state index in [1.807, 2.05) is 6.07 Å². The summed E-state index contributed by atoms with van der Waals surface area (Å²) >= 11 is 1.39. The standard InChI is InChI=1S/C16H17N3O3S/c20-15(21)13-9-11-12(23-13)1-8-22-16(11)2-6-19(7-3-16)14-10-17-4-5-18-14/h4-5,9-10H,1-3,6-8H2,(H,20,21). The smallest absolute Gasteiger partial charge is 0.345 e. The fraction of sp³-hybridized carbons (Fsp3) is 0.438. The normalized spacial score (nSPS) is 19.6. The summed E-state index contributed by atoms with van der Waals surface area (Å²) in [5, 5.41) is 9.26. The summed E-state index contributed by atoms with van der Waals surface area (Å²) in [6.07, 6.45) is 7.64. The molecule has 7 heteroatoms. The summed E-state index contributed by atoms with van der Waals surface area (Å²) in [7, 11) is 0. The molecule has 0 bridgehead atoms. The number of carboxylic acid groups (broad SMARTS) is 1. The number of carbonyl (C=O) groups is 1. The van der Waals surface area contributed by atoms with Crippen LogP contribution < -0.4 is 4.90 Å². The quantitative estimate of drug-likeness (QED) is 0.910. The van der Waals surface area contributed by atoms with E-state index in [0.29, 0.717) is 11.5 Å². The topological polar surface area (TPSA) is 75.6 Å². The zero-order valence-electron chi connectivity index (χ0n) is 12.6. The van der Waals surface area contributed by atoms with Crippen LogP contribution in [-0.2, 0) is 16.8 Å². The lowest BCUT2D eigenvalue weighted by Gasteiger charge is -2.44. The van der Waals surface area contributed by atoms with E-state index in [-0.39, 0.29) is 5.60 Å². The van der Waals surface area contributed by atoms with Crippen LogP contribution in [0.3, 0.4) is 0 Å². The maximum atomic E-state index is 11.3. The first-order valence-electron chi connectivity index (χ1n) is 7.69. The lowest BCUT2D eigenvalue weighted by Crippen LogP contribution is -2.46. The minimum absolute atomic E-state index is 0.337. The second-order valence-corrected chi connectivity index (χ2v) is 7.03. The number of aromatic carboxylic acids is 1. The first kappa shape index (κ1) is 14.6. The zero-order valence-corrected chi connectivity index (χ0v) is 13.4. The third-order valence-corrected chi connectivity index (χ3v) is 5.85. The van der Waals surface area contributed by atoms with Crippen molar-refractivity contribution in [2.24, 2.45) is 0 Å². The molecule has 2 aliphatic rings. The van der Waals surface area contributed by atoms with Gasteiger partial charge in [0.05, 0.1) is 18.4 Å². The molecule has 1 saturated heterocycles. The van der Waals surface area contributed by atoms with Crippen molar-refractivity contribution in [2.75, 3.05) is 24.6 Å². The molecule has 2 aromatic heterocycles. The van der Waals surface area contributed by atoms with Crippen molar-refractivity contribution in [1.82, 2.24) is 9.97 Å². The van der Waals surface area contributed by atoms with E-state index in [1.54, 1.807) is 18.6 Å². The summed E-state index contributed by atoms with van der Waals surface area (Å²) in [6.45, 7) is 2.32. The highest BCUT2D eigenvalue weighted by molar-refractivity contribution is 7.14. The first-order chi connectivity index (χ1) is 11.2. The molecule has 4 rings (SSSR count). The number of ether oxygens (including phenoxy) is 1. The van der Waals surface area contributed by atoms with Gasteiger partial charge in [-0.05, 0) is 24.5 Å². The number of piperidine rings is 1. The van der Waals surface area contributed by atoms with Gasteiger partial charge in [0.25, 0.3) is 0 Å². The van der Waals surface area contributed by atoms with Crippen LogP contribution in [0.15, 0.2) is 24.7 Å². The van der Waals surface area contributed by atoms with Crippen LogP contribution >= 0.6 is 11.3 Å². The fourth-order valence-electron chi connectivity index (χ4n) is 3.49. The number of rotatable bonds is 2. The number of hydrogen-bond donors (Lipinski definition) is 1. The lowest BCUT2D eigenvalue weighted by molar-refractivity contribution is -0.0757. The highest BCUT2D eigenvalue weighted by Crippen LogP contribution is 2.44. The van der Waals surface area contributed by atoms with Crippen molar-refractivity contribution >= 4 is 23.1 Å². The SMILES string of the molecule is O=C(O)c1cc2c(s1)CCOC21CCN(c2cnccn2)CC1. The maximum absolute atomic E-state index is 11.3. The molecule has 0 atom stereocenters. The number of nitrogens with zero attached hydrogens (tertiary/aromatic N) is 3. The Morgan fingerprint density at radius 3 is 2.87 bits per heavy atom. The Morgan fingerprint density at radius 1 is 1.35 bits per heavy atom. The van der Waals surface area contributed by atoms with Gasteiger partial charge < -0.3 is 14.7 Å². The number of hydrogen-bond acceptors (Lipinski definition) is 6. The molecule has 0 aromatic carbocycles. The third-order valence-electron chi connectivity index (χ3n) is 4.66. The van der Waals surface area contributed by atoms with Gasteiger partial charge in [0.1, 0.15) is 10.7 Å². The lowest BCUT2D eigenvalue weighted by atomic mass is 9.82. The second-order valence-electron chi connectivity index (χ2n) is 5.90. The molecule has 4 heterocycles. The van der Waals surface area contributed by atoms with E-state index < -0.39 is 5.97 Å². The Hall–Kier alpha value is -1.99. The number of carboxylic acids is 1. The Labute approximate surface area is 137 Å². The van der Waals surface area contributed by atoms with E-state index in [2.05, 4.69) is 14.9 Å². The number of thiophene rings is 1. The third kappa shape index (κ3) is 2.49. The molecular formula is C16H17N3O3S. The monoisotopic (exact) mass is 331 g/mol. The molecule has 120 valence electrons. The van der Waals surface area contributed by atoms with Gasteiger partial charge in [0.15, 0.2) is 0 Å². The van der Waals surface area contributed by atoms with Crippen molar-refractivity contribution in [3.8, 4) is 0 Å². The molecule has 2 aliphatic heterocycles. The van der Waals surface area contributed by atoms with Gasteiger partial charge in [0.2, 0.25) is 0 Å². The van der Waals surface area contributed by atoms with Gasteiger partial charge >= 0.3 is 5.97 Å². The van der Waals surface area contributed by atoms with Crippen LogP contribution in [0.1, 0.15) is 33.0 Å². The summed E-state index contributed by atoms with van der Waals surface area (Å²) in [4.78, 5) is 23.5. The van der Waals surface area contributed by atoms with E-state index >= 15 is 0 Å². The molecule has 1 spiro atoms. The molecule has 0 amide bonds. The highest BCUT2D eigenvalue weighted by atomic mass is 32.1. The molecule has 1 fully saturated rings. The van der Waals surface area contributed by atoms with E-state index in [9.17, 15) is 9.90 Å². The van der Waals surface area contributed by atoms with Gasteiger partial charge in [0, 0.05) is 36.8 Å². The number of fused-ring (bicyclic) bond motifs is 2. The predicted molar refractivity (Wildman–Crippen MR) is 86.1 cm³/mol. The van der Waals surface area contributed by atoms with Crippen molar-refractivity contribution in [3.05, 3.63) is 40.0 Å². The molecule has 6 nitrogen and oxygen atoms in total. The van der Waals surface area contributed by atoms with Crippen molar-refractivity contribution in [1.29, 1.82) is 0 Å². The molecule has 23 heavy (non-hydrogen) atoms. The Balaban J connectivity index is 1.59. The average Bonchev–Trinajstić information content (AvgIpc) is 3.03. The highest BCUT2D eigenvalue weighted by Gasteiger charge is 2.42. The zero-order chi connectivity index (χ0) is 15.9. The van der Waals surface area contributed by atoms with Gasteiger partial charge in [-0.2, -0.15) is 0 Å². The first-order valence-corrected chi connectivity index (χ1v) is 8.51. The average molecular weight is 331 g/mol. The maximum Gasteiger partial charge on any atom is 0.345 e. The van der Waals surface area contributed by atoms with Gasteiger partial charge in [-0.15, -0.1) is 11.3 Å². The number of anilines is 1. The molecule has 0 unspecified atom stereocenters. The second kappa shape index (κ2) is 5.58. The molecule has 2 aromatic rings. The summed E-state index contributed by atoms with van der Waals surface area (Å²) in [6, 6.07) is 1.82. The Bertz CT molecular complexity index is 723. The minimum Gasteiger partial charge on any atom is -0.477 e. The van der Waals surface area contributed by atoms with Crippen LogP contribution in [0.2, 0.25) is 0 Å². The minimum atomic E-state index is -0.850. The predicted octanol–water partition coefficient (Wildman–Crippen LogP) is 2.30. The summed E-state index contributed by atoms with van der Waals surface area (Å²) in [5.41, 5.74) is 0.751. The fourth-order valence-corrected chi connectivity index (χ4v) is 4.56.